The van der Waals surface area contributed by atoms with E-state index in [-0.39, 0.29) is 0 Å². The highest BCUT2D eigenvalue weighted by molar-refractivity contribution is 5.86. The third-order valence-electron chi connectivity index (χ3n) is 4.23. The minimum absolute atomic E-state index is 0.488. The number of carbonyl (C=O) groups is 1. The van der Waals surface area contributed by atoms with Gasteiger partial charge in [-0.25, -0.2) is 4.39 Å². The fraction of sp³-hybridized carbons (Fsp3) is 0.350. The molecule has 0 unspecified atom stereocenters. The van der Waals surface area contributed by atoms with E-state index in [1.165, 1.54) is 11.8 Å². The summed E-state index contributed by atoms with van der Waals surface area (Å²) in [6.07, 6.45) is 0. The molecule has 4 heteroatoms. The van der Waals surface area contributed by atoms with Crippen molar-refractivity contribution in [3.8, 4) is 0 Å². The maximum Gasteiger partial charge on any atom is 0.262 e. The van der Waals surface area contributed by atoms with E-state index in [4.69, 9.17) is 0 Å². The van der Waals surface area contributed by atoms with Crippen LogP contribution in [-0.4, -0.2) is 29.6 Å². The van der Waals surface area contributed by atoms with E-state index >= 15 is 4.39 Å². The molecule has 2 atom stereocenters. The third-order valence-corrected chi connectivity index (χ3v) is 4.23. The van der Waals surface area contributed by atoms with Crippen LogP contribution in [0, 0.1) is 0 Å². The molecule has 0 heterocycles. The Morgan fingerprint density at radius 1 is 1.04 bits per heavy atom. The van der Waals surface area contributed by atoms with Crippen molar-refractivity contribution in [1.82, 2.24) is 4.90 Å². The SMILES string of the molecule is CCN(CC)C(=O)[C@@](C)(F)[C@@H](Nc1ccccc1)c1ccccc1. The second-order valence-electron chi connectivity index (χ2n) is 5.91. The van der Waals surface area contributed by atoms with Crippen molar-refractivity contribution in [2.24, 2.45) is 0 Å². The lowest BCUT2D eigenvalue weighted by Crippen LogP contribution is -2.49. The number of amides is 1. The topological polar surface area (TPSA) is 32.3 Å². The monoisotopic (exact) mass is 328 g/mol. The molecular formula is C20H25FN2O. The van der Waals surface area contributed by atoms with Gasteiger partial charge in [0.25, 0.3) is 5.91 Å². The van der Waals surface area contributed by atoms with Gasteiger partial charge >= 0.3 is 0 Å². The summed E-state index contributed by atoms with van der Waals surface area (Å²) in [7, 11) is 0. The Hall–Kier alpha value is -2.36. The molecule has 0 saturated heterocycles. The van der Waals surface area contributed by atoms with Crippen molar-refractivity contribution in [1.29, 1.82) is 0 Å². The Morgan fingerprint density at radius 3 is 2.04 bits per heavy atom. The van der Waals surface area contributed by atoms with Crippen LogP contribution in [-0.2, 0) is 4.79 Å². The van der Waals surface area contributed by atoms with E-state index in [0.717, 1.165) is 11.3 Å². The van der Waals surface area contributed by atoms with Crippen LogP contribution >= 0.6 is 0 Å². The lowest BCUT2D eigenvalue weighted by molar-refractivity contribution is -0.143. The molecule has 0 aliphatic heterocycles. The van der Waals surface area contributed by atoms with Gasteiger partial charge in [0, 0.05) is 18.8 Å². The van der Waals surface area contributed by atoms with Crippen LogP contribution in [0.5, 0.6) is 0 Å². The highest BCUT2D eigenvalue weighted by Gasteiger charge is 2.44. The first-order valence-corrected chi connectivity index (χ1v) is 8.35. The maximum atomic E-state index is 15.7. The zero-order valence-electron chi connectivity index (χ0n) is 14.5. The highest BCUT2D eigenvalue weighted by Crippen LogP contribution is 2.34. The molecule has 0 aliphatic carbocycles. The van der Waals surface area contributed by atoms with Gasteiger partial charge in [0.1, 0.15) is 0 Å². The Kier molecular flexibility index (Phi) is 5.96. The Balaban J connectivity index is 2.39. The summed E-state index contributed by atoms with van der Waals surface area (Å²) in [4.78, 5) is 14.3. The van der Waals surface area contributed by atoms with Crippen molar-refractivity contribution in [2.45, 2.75) is 32.5 Å². The Bertz CT molecular complexity index is 639. The van der Waals surface area contributed by atoms with Crippen molar-refractivity contribution in [3.05, 3.63) is 66.2 Å². The van der Waals surface area contributed by atoms with Gasteiger partial charge in [0.15, 0.2) is 0 Å². The van der Waals surface area contributed by atoms with E-state index in [1.54, 1.807) is 0 Å². The van der Waals surface area contributed by atoms with Crippen LogP contribution in [0.1, 0.15) is 32.4 Å². The molecule has 0 radical (unpaired) electrons. The molecule has 0 aliphatic rings. The molecule has 2 rings (SSSR count). The first kappa shape index (κ1) is 18.0. The predicted molar refractivity (Wildman–Crippen MR) is 96.7 cm³/mol. The second kappa shape index (κ2) is 7.95. The van der Waals surface area contributed by atoms with Gasteiger partial charge in [0.2, 0.25) is 5.67 Å². The van der Waals surface area contributed by atoms with E-state index in [9.17, 15) is 4.79 Å². The number of benzene rings is 2. The van der Waals surface area contributed by atoms with Crippen molar-refractivity contribution >= 4 is 11.6 Å². The molecule has 3 nitrogen and oxygen atoms in total. The van der Waals surface area contributed by atoms with Crippen molar-refractivity contribution in [2.75, 3.05) is 18.4 Å². The van der Waals surface area contributed by atoms with E-state index in [2.05, 4.69) is 5.32 Å². The van der Waals surface area contributed by atoms with E-state index in [1.807, 2.05) is 74.5 Å². The van der Waals surface area contributed by atoms with E-state index in [0.29, 0.717) is 13.1 Å². The fourth-order valence-corrected chi connectivity index (χ4v) is 2.82. The number of carbonyl (C=O) groups excluding carboxylic acids is 1. The average molecular weight is 328 g/mol. The maximum absolute atomic E-state index is 15.7. The first-order chi connectivity index (χ1) is 11.5. The summed E-state index contributed by atoms with van der Waals surface area (Å²) in [5.74, 6) is -0.496. The summed E-state index contributed by atoms with van der Waals surface area (Å²) in [6, 6.07) is 17.9. The lowest BCUT2D eigenvalue weighted by Gasteiger charge is -2.35. The van der Waals surface area contributed by atoms with Crippen LogP contribution in [0.25, 0.3) is 0 Å². The molecule has 0 saturated carbocycles. The zero-order chi connectivity index (χ0) is 17.6. The Labute approximate surface area is 143 Å². The van der Waals surface area contributed by atoms with Gasteiger partial charge in [-0.2, -0.15) is 0 Å². The molecule has 2 aromatic carbocycles. The van der Waals surface area contributed by atoms with Crippen LogP contribution in [0.4, 0.5) is 10.1 Å². The predicted octanol–water partition coefficient (Wildman–Crippen LogP) is 4.44. The second-order valence-corrected chi connectivity index (χ2v) is 5.91. The molecule has 1 amide bonds. The lowest BCUT2D eigenvalue weighted by atomic mass is 9.90. The summed E-state index contributed by atoms with van der Waals surface area (Å²) < 4.78 is 15.7. The van der Waals surface area contributed by atoms with Crippen LogP contribution in [0.2, 0.25) is 0 Å². The quantitative estimate of drug-likeness (QED) is 0.815. The molecule has 24 heavy (non-hydrogen) atoms. The average Bonchev–Trinajstić information content (AvgIpc) is 2.62. The summed E-state index contributed by atoms with van der Waals surface area (Å²) in [6.45, 7) is 6.06. The normalized spacial score (nSPS) is 14.5. The van der Waals surface area contributed by atoms with Gasteiger partial charge in [-0.1, -0.05) is 48.5 Å². The van der Waals surface area contributed by atoms with Crippen LogP contribution in [0.3, 0.4) is 0 Å². The summed E-state index contributed by atoms with van der Waals surface area (Å²) in [5, 5.41) is 3.20. The largest absolute Gasteiger partial charge is 0.375 e. The first-order valence-electron chi connectivity index (χ1n) is 8.35. The van der Waals surface area contributed by atoms with Crippen LogP contribution < -0.4 is 5.32 Å². The molecular weight excluding hydrogens is 303 g/mol. The fourth-order valence-electron chi connectivity index (χ4n) is 2.82. The van der Waals surface area contributed by atoms with E-state index < -0.39 is 17.6 Å². The minimum Gasteiger partial charge on any atom is -0.375 e. The van der Waals surface area contributed by atoms with Gasteiger partial charge < -0.3 is 10.2 Å². The number of anilines is 1. The van der Waals surface area contributed by atoms with Crippen molar-refractivity contribution in [3.63, 3.8) is 0 Å². The minimum atomic E-state index is -2.07. The molecule has 128 valence electrons. The number of nitrogens with one attached hydrogen (secondary N) is 1. The van der Waals surface area contributed by atoms with Crippen molar-refractivity contribution < 1.29 is 9.18 Å². The number of hydrogen-bond donors (Lipinski definition) is 1. The molecule has 2 aromatic rings. The molecule has 1 N–H and O–H groups in total. The number of rotatable bonds is 7. The number of nitrogens with zero attached hydrogens (tertiary/aromatic N) is 1. The highest BCUT2D eigenvalue weighted by atomic mass is 19.1. The number of para-hydroxylation sites is 1. The van der Waals surface area contributed by atoms with Gasteiger partial charge in [-0.15, -0.1) is 0 Å². The third kappa shape index (κ3) is 3.94. The van der Waals surface area contributed by atoms with Gasteiger partial charge in [-0.05, 0) is 38.5 Å². The van der Waals surface area contributed by atoms with Crippen LogP contribution in [0.15, 0.2) is 60.7 Å². The smallest absolute Gasteiger partial charge is 0.262 e. The summed E-state index contributed by atoms with van der Waals surface area (Å²) >= 11 is 0. The molecule has 0 aromatic heterocycles. The molecule has 0 bridgehead atoms. The Morgan fingerprint density at radius 2 is 1.54 bits per heavy atom. The summed E-state index contributed by atoms with van der Waals surface area (Å²) in [5.41, 5.74) is -0.544. The van der Waals surface area contributed by atoms with Gasteiger partial charge in [-0.3, -0.25) is 4.79 Å². The number of hydrogen-bond acceptors (Lipinski definition) is 2. The molecule has 0 fully saturated rings. The standard InChI is InChI=1S/C20H25FN2O/c1-4-23(5-2)19(24)20(3,21)18(16-12-8-6-9-13-16)22-17-14-10-7-11-15-17/h6-15,18,22H,4-5H2,1-3H3/t18-,20-/m0/s1. The van der Waals surface area contributed by atoms with Gasteiger partial charge in [0.05, 0.1) is 6.04 Å². The number of halogens is 1. The zero-order valence-corrected chi connectivity index (χ0v) is 14.5. The number of alkyl halides is 1. The molecule has 0 spiro atoms.